The highest BCUT2D eigenvalue weighted by atomic mass is 32.2. The molecule has 4 rings (SSSR count). The minimum absolute atomic E-state index is 0.210. The molecule has 1 aliphatic rings. The second-order valence-electron chi connectivity index (χ2n) is 10.1. The molecule has 0 spiro atoms. The van der Waals surface area contributed by atoms with Gasteiger partial charge in [-0.05, 0) is 50.2 Å². The number of carbonyl (C=O) groups is 1. The van der Waals surface area contributed by atoms with Crippen molar-refractivity contribution >= 4 is 42.6 Å². The maximum Gasteiger partial charge on any atom is 0.260 e. The van der Waals surface area contributed by atoms with E-state index in [0.29, 0.717) is 61.6 Å². The van der Waals surface area contributed by atoms with Crippen LogP contribution in [0.2, 0.25) is 0 Å². The fraction of sp³-hybridized carbons (Fsp3) is 0.533. The molecule has 0 atom stereocenters. The van der Waals surface area contributed by atoms with Crippen molar-refractivity contribution in [3.8, 4) is 11.5 Å². The van der Waals surface area contributed by atoms with Crippen LogP contribution in [0.3, 0.4) is 0 Å². The molecule has 0 saturated heterocycles. The van der Waals surface area contributed by atoms with Gasteiger partial charge in [0.25, 0.3) is 5.91 Å². The van der Waals surface area contributed by atoms with E-state index in [2.05, 4.69) is 32.6 Å². The SMILES string of the molecule is CCCCN(CCCC)S(=O)(=O)c1ccc(C(=O)N(CCN(CC)CC)c2nc3cc4c(cc3s2)OCCO4)cc1. The summed E-state index contributed by atoms with van der Waals surface area (Å²) in [4.78, 5) is 22.9. The fourth-order valence-electron chi connectivity index (χ4n) is 4.73. The number of unbranched alkanes of at least 4 members (excludes halogenated alkanes) is 2. The maximum absolute atomic E-state index is 13.9. The van der Waals surface area contributed by atoms with Gasteiger partial charge in [-0.15, -0.1) is 0 Å². The highest BCUT2D eigenvalue weighted by molar-refractivity contribution is 7.89. The molecule has 0 saturated carbocycles. The molecular formula is C30H42N4O5S2. The number of ether oxygens (including phenoxy) is 2. The van der Waals surface area contributed by atoms with E-state index in [1.807, 2.05) is 12.1 Å². The lowest BCUT2D eigenvalue weighted by atomic mass is 10.2. The number of aromatic nitrogens is 1. The molecule has 9 nitrogen and oxygen atoms in total. The molecule has 2 heterocycles. The van der Waals surface area contributed by atoms with Crippen LogP contribution >= 0.6 is 11.3 Å². The molecule has 1 aliphatic heterocycles. The monoisotopic (exact) mass is 602 g/mol. The Morgan fingerprint density at radius 2 is 1.49 bits per heavy atom. The second-order valence-corrected chi connectivity index (χ2v) is 13.0. The molecule has 1 aromatic heterocycles. The van der Waals surface area contributed by atoms with Gasteiger partial charge in [0.05, 0.1) is 15.1 Å². The lowest BCUT2D eigenvalue weighted by Crippen LogP contribution is -2.39. The smallest absolute Gasteiger partial charge is 0.260 e. The third-order valence-corrected chi connectivity index (χ3v) is 10.3. The number of anilines is 1. The summed E-state index contributed by atoms with van der Waals surface area (Å²) in [5, 5.41) is 0.585. The molecule has 2 aromatic carbocycles. The van der Waals surface area contributed by atoms with Crippen molar-refractivity contribution in [3.05, 3.63) is 42.0 Å². The summed E-state index contributed by atoms with van der Waals surface area (Å²) in [6, 6.07) is 10.1. The van der Waals surface area contributed by atoms with Crippen LogP contribution in [0.1, 0.15) is 63.7 Å². The van der Waals surface area contributed by atoms with Crippen LogP contribution in [-0.4, -0.2) is 81.0 Å². The zero-order valence-electron chi connectivity index (χ0n) is 24.6. The molecule has 3 aromatic rings. The van der Waals surface area contributed by atoms with Gasteiger partial charge in [-0.1, -0.05) is 51.9 Å². The van der Waals surface area contributed by atoms with Crippen molar-refractivity contribution in [1.82, 2.24) is 14.2 Å². The van der Waals surface area contributed by atoms with Crippen LogP contribution in [0.25, 0.3) is 10.2 Å². The van der Waals surface area contributed by atoms with Crippen LogP contribution in [0.5, 0.6) is 11.5 Å². The molecule has 0 unspecified atom stereocenters. The number of hydrogen-bond donors (Lipinski definition) is 0. The minimum atomic E-state index is -3.65. The van der Waals surface area contributed by atoms with Gasteiger partial charge in [0.1, 0.15) is 13.2 Å². The summed E-state index contributed by atoms with van der Waals surface area (Å²) in [6.07, 6.45) is 3.46. The fourth-order valence-corrected chi connectivity index (χ4v) is 7.25. The zero-order valence-corrected chi connectivity index (χ0v) is 26.2. The number of rotatable bonds is 15. The first-order valence-electron chi connectivity index (χ1n) is 14.7. The molecule has 1 amide bonds. The summed E-state index contributed by atoms with van der Waals surface area (Å²) in [7, 11) is -3.65. The Morgan fingerprint density at radius 1 is 0.878 bits per heavy atom. The van der Waals surface area contributed by atoms with E-state index in [9.17, 15) is 13.2 Å². The van der Waals surface area contributed by atoms with Gasteiger partial charge in [-0.2, -0.15) is 4.31 Å². The summed E-state index contributed by atoms with van der Waals surface area (Å²) in [5.41, 5.74) is 1.16. The largest absolute Gasteiger partial charge is 0.486 e. The van der Waals surface area contributed by atoms with Crippen molar-refractivity contribution in [2.75, 3.05) is 57.4 Å². The zero-order chi connectivity index (χ0) is 29.4. The van der Waals surface area contributed by atoms with Crippen molar-refractivity contribution in [2.45, 2.75) is 58.3 Å². The number of hydrogen-bond acceptors (Lipinski definition) is 8. The van der Waals surface area contributed by atoms with Crippen LogP contribution < -0.4 is 14.4 Å². The normalized spacial score (nSPS) is 13.3. The third kappa shape index (κ3) is 7.38. The lowest BCUT2D eigenvalue weighted by molar-refractivity contribution is 0.0983. The van der Waals surface area contributed by atoms with Crippen molar-refractivity contribution in [1.29, 1.82) is 0 Å². The van der Waals surface area contributed by atoms with Crippen molar-refractivity contribution in [3.63, 3.8) is 0 Å². The number of fused-ring (bicyclic) bond motifs is 2. The van der Waals surface area contributed by atoms with Crippen molar-refractivity contribution < 1.29 is 22.7 Å². The van der Waals surface area contributed by atoms with Crippen molar-refractivity contribution in [2.24, 2.45) is 0 Å². The maximum atomic E-state index is 13.9. The Morgan fingerprint density at radius 3 is 2.07 bits per heavy atom. The van der Waals surface area contributed by atoms with E-state index < -0.39 is 10.0 Å². The summed E-state index contributed by atoms with van der Waals surface area (Å²) in [6.45, 7) is 13.2. The highest BCUT2D eigenvalue weighted by Crippen LogP contribution is 2.39. The van der Waals surface area contributed by atoms with E-state index in [-0.39, 0.29) is 10.8 Å². The Kier molecular flexibility index (Phi) is 11.0. The number of thiazole rings is 1. The van der Waals surface area contributed by atoms with E-state index in [1.165, 1.54) is 11.3 Å². The van der Waals surface area contributed by atoms with Crippen LogP contribution in [0, 0.1) is 0 Å². The average molecular weight is 603 g/mol. The van der Waals surface area contributed by atoms with Gasteiger partial charge in [0.2, 0.25) is 10.0 Å². The Labute approximate surface area is 248 Å². The predicted octanol–water partition coefficient (Wildman–Crippen LogP) is 5.65. The Balaban J connectivity index is 1.62. The molecule has 0 N–H and O–H groups in total. The van der Waals surface area contributed by atoms with Crippen LogP contribution in [-0.2, 0) is 10.0 Å². The van der Waals surface area contributed by atoms with E-state index in [0.717, 1.165) is 49.0 Å². The van der Waals surface area contributed by atoms with Gasteiger partial charge in [-0.25, -0.2) is 13.4 Å². The number of sulfonamides is 1. The summed E-state index contributed by atoms with van der Waals surface area (Å²) >= 11 is 1.43. The van der Waals surface area contributed by atoms with Gasteiger partial charge in [0.15, 0.2) is 16.6 Å². The standard InChI is InChI=1S/C30H42N4O5S2/c1-5-9-15-33(16-10-6-2)41(36,37)24-13-11-23(12-14-24)29(35)34(18-17-32(7-3)8-4)30-31-25-21-26-27(22-28(25)40-30)39-20-19-38-26/h11-14,21-22H,5-10,15-20H2,1-4H3. The van der Waals surface area contributed by atoms with E-state index in [1.54, 1.807) is 33.5 Å². The van der Waals surface area contributed by atoms with Crippen LogP contribution in [0.15, 0.2) is 41.3 Å². The first-order valence-corrected chi connectivity index (χ1v) is 16.9. The first-order chi connectivity index (χ1) is 19.8. The van der Waals surface area contributed by atoms with Crippen LogP contribution in [0.4, 0.5) is 5.13 Å². The topological polar surface area (TPSA) is 92.3 Å². The molecule has 0 fully saturated rings. The number of benzene rings is 2. The number of likely N-dealkylation sites (N-methyl/N-ethyl adjacent to an activating group) is 1. The van der Waals surface area contributed by atoms with Gasteiger partial charge in [-0.3, -0.25) is 9.69 Å². The third-order valence-electron chi connectivity index (χ3n) is 7.31. The quantitative estimate of drug-likeness (QED) is 0.222. The molecule has 11 heteroatoms. The Hall–Kier alpha value is -2.73. The van der Waals surface area contributed by atoms with Gasteiger partial charge >= 0.3 is 0 Å². The van der Waals surface area contributed by atoms with E-state index >= 15 is 0 Å². The average Bonchev–Trinajstić information content (AvgIpc) is 3.40. The molecular weight excluding hydrogens is 560 g/mol. The first kappa shape index (κ1) is 31.2. The molecule has 41 heavy (non-hydrogen) atoms. The van der Waals surface area contributed by atoms with E-state index in [4.69, 9.17) is 14.5 Å². The molecule has 0 aliphatic carbocycles. The number of nitrogens with zero attached hydrogens (tertiary/aromatic N) is 4. The number of carbonyl (C=O) groups excluding carboxylic acids is 1. The van der Waals surface area contributed by atoms with Gasteiger partial charge in [0, 0.05) is 43.9 Å². The summed E-state index contributed by atoms with van der Waals surface area (Å²) in [5.74, 6) is 1.13. The lowest BCUT2D eigenvalue weighted by Gasteiger charge is -2.25. The molecule has 224 valence electrons. The second kappa shape index (κ2) is 14.4. The number of amides is 1. The molecule has 0 bridgehead atoms. The highest BCUT2D eigenvalue weighted by Gasteiger charge is 2.26. The summed E-state index contributed by atoms with van der Waals surface area (Å²) < 4.78 is 40.8. The minimum Gasteiger partial charge on any atom is -0.486 e. The Bertz CT molecular complexity index is 1350. The predicted molar refractivity (Wildman–Crippen MR) is 165 cm³/mol. The van der Waals surface area contributed by atoms with Gasteiger partial charge < -0.3 is 14.4 Å². The molecule has 0 radical (unpaired) electrons.